The highest BCUT2D eigenvalue weighted by Crippen LogP contribution is 2.32. The number of benzene rings is 2. The first kappa shape index (κ1) is 17.3. The average molecular weight is 360 g/mol. The van der Waals surface area contributed by atoms with Crippen LogP contribution in [0.5, 0.6) is 5.75 Å². The van der Waals surface area contributed by atoms with Gasteiger partial charge in [0.15, 0.2) is 6.61 Å². The number of aryl methyl sites for hydroxylation is 1. The zero-order valence-electron chi connectivity index (χ0n) is 14.2. The fraction of sp³-hybridized carbons (Fsp3) is 0.278. The largest absolute Gasteiger partial charge is 0.484 e. The summed E-state index contributed by atoms with van der Waals surface area (Å²) < 4.78 is 30.5. The van der Waals surface area contributed by atoms with Crippen molar-refractivity contribution in [3.8, 4) is 5.75 Å². The van der Waals surface area contributed by atoms with E-state index in [0.717, 1.165) is 11.1 Å². The standard InChI is InChI=1S/C18H20N2O4S/c1-13-3-7-16(8-4-13)24-12-18(21)19-15-6-5-14-9-10-20(17(14)11-15)25(2,22)23/h3-8,11H,9-10,12H2,1-2H3,(H,19,21). The molecule has 0 spiro atoms. The summed E-state index contributed by atoms with van der Waals surface area (Å²) in [6.45, 7) is 2.29. The second kappa shape index (κ2) is 6.76. The van der Waals surface area contributed by atoms with Crippen molar-refractivity contribution in [2.45, 2.75) is 13.3 Å². The van der Waals surface area contributed by atoms with Gasteiger partial charge in [-0.15, -0.1) is 0 Å². The molecule has 0 aliphatic carbocycles. The van der Waals surface area contributed by atoms with Gasteiger partial charge in [0, 0.05) is 12.2 Å². The molecule has 3 rings (SSSR count). The van der Waals surface area contributed by atoms with Crippen molar-refractivity contribution >= 4 is 27.3 Å². The first-order chi connectivity index (χ1) is 11.8. The molecule has 6 nitrogen and oxygen atoms in total. The molecule has 2 aromatic carbocycles. The van der Waals surface area contributed by atoms with Crippen LogP contribution in [0.15, 0.2) is 42.5 Å². The Morgan fingerprint density at radius 2 is 1.92 bits per heavy atom. The molecule has 1 heterocycles. The summed E-state index contributed by atoms with van der Waals surface area (Å²) in [5.74, 6) is 0.322. The summed E-state index contributed by atoms with van der Waals surface area (Å²) in [7, 11) is -3.32. The molecule has 1 amide bonds. The molecule has 0 saturated heterocycles. The summed E-state index contributed by atoms with van der Waals surface area (Å²) in [5, 5.41) is 2.74. The highest BCUT2D eigenvalue weighted by atomic mass is 32.2. The van der Waals surface area contributed by atoms with E-state index < -0.39 is 10.0 Å². The molecule has 0 fully saturated rings. The smallest absolute Gasteiger partial charge is 0.262 e. The summed E-state index contributed by atoms with van der Waals surface area (Å²) in [5.41, 5.74) is 3.25. The molecule has 2 aromatic rings. The number of hydrogen-bond donors (Lipinski definition) is 1. The van der Waals surface area contributed by atoms with Gasteiger partial charge >= 0.3 is 0 Å². The Morgan fingerprint density at radius 3 is 2.60 bits per heavy atom. The number of nitrogens with one attached hydrogen (secondary N) is 1. The zero-order valence-corrected chi connectivity index (χ0v) is 15.0. The van der Waals surface area contributed by atoms with Gasteiger partial charge in [-0.05, 0) is 43.2 Å². The third kappa shape index (κ3) is 4.11. The van der Waals surface area contributed by atoms with Crippen molar-refractivity contribution in [3.05, 3.63) is 53.6 Å². The first-order valence-corrected chi connectivity index (χ1v) is 9.78. The molecule has 0 saturated carbocycles. The number of sulfonamides is 1. The number of ether oxygens (including phenoxy) is 1. The second-order valence-corrected chi connectivity index (χ2v) is 7.99. The molecule has 0 bridgehead atoms. The van der Waals surface area contributed by atoms with Crippen molar-refractivity contribution in [3.63, 3.8) is 0 Å². The van der Waals surface area contributed by atoms with E-state index in [1.165, 1.54) is 10.6 Å². The van der Waals surface area contributed by atoms with Crippen LogP contribution in [0.2, 0.25) is 0 Å². The van der Waals surface area contributed by atoms with Crippen molar-refractivity contribution < 1.29 is 17.9 Å². The van der Waals surface area contributed by atoms with E-state index in [4.69, 9.17) is 4.74 Å². The van der Waals surface area contributed by atoms with Gasteiger partial charge in [0.2, 0.25) is 10.0 Å². The minimum atomic E-state index is -3.32. The van der Waals surface area contributed by atoms with Gasteiger partial charge < -0.3 is 10.1 Å². The predicted octanol–water partition coefficient (Wildman–Crippen LogP) is 2.33. The maximum Gasteiger partial charge on any atom is 0.262 e. The number of carbonyl (C=O) groups is 1. The van der Waals surface area contributed by atoms with Crippen LogP contribution in [0.1, 0.15) is 11.1 Å². The lowest BCUT2D eigenvalue weighted by atomic mass is 10.1. The van der Waals surface area contributed by atoms with Gasteiger partial charge in [0.05, 0.1) is 11.9 Å². The SMILES string of the molecule is Cc1ccc(OCC(=O)Nc2ccc3c(c2)N(S(C)(=O)=O)CC3)cc1. The van der Waals surface area contributed by atoms with Gasteiger partial charge in [0.25, 0.3) is 5.91 Å². The fourth-order valence-corrected chi connectivity index (χ4v) is 3.70. The van der Waals surface area contributed by atoms with Crippen LogP contribution >= 0.6 is 0 Å². The summed E-state index contributed by atoms with van der Waals surface area (Å²) in [4.78, 5) is 12.1. The van der Waals surface area contributed by atoms with E-state index in [9.17, 15) is 13.2 Å². The molecule has 25 heavy (non-hydrogen) atoms. The van der Waals surface area contributed by atoms with Crippen molar-refractivity contribution in [1.29, 1.82) is 0 Å². The Labute approximate surface area is 147 Å². The van der Waals surface area contributed by atoms with Crippen LogP contribution in [0.25, 0.3) is 0 Å². The van der Waals surface area contributed by atoms with E-state index in [-0.39, 0.29) is 12.5 Å². The van der Waals surface area contributed by atoms with Crippen LogP contribution in [0.4, 0.5) is 11.4 Å². The van der Waals surface area contributed by atoms with Crippen LogP contribution in [0, 0.1) is 6.92 Å². The van der Waals surface area contributed by atoms with E-state index in [0.29, 0.717) is 30.1 Å². The highest BCUT2D eigenvalue weighted by molar-refractivity contribution is 7.92. The molecular weight excluding hydrogens is 340 g/mol. The molecule has 1 N–H and O–H groups in total. The molecule has 0 atom stereocenters. The number of anilines is 2. The lowest BCUT2D eigenvalue weighted by Gasteiger charge is -2.17. The minimum absolute atomic E-state index is 0.115. The number of carbonyl (C=O) groups excluding carboxylic acids is 1. The van der Waals surface area contributed by atoms with Gasteiger partial charge in [-0.2, -0.15) is 0 Å². The summed E-state index contributed by atoms with van der Waals surface area (Å²) >= 11 is 0. The maximum absolute atomic E-state index is 12.1. The van der Waals surface area contributed by atoms with Gasteiger partial charge in [-0.25, -0.2) is 8.42 Å². The number of hydrogen-bond acceptors (Lipinski definition) is 4. The zero-order chi connectivity index (χ0) is 18.0. The van der Waals surface area contributed by atoms with E-state index in [2.05, 4.69) is 5.32 Å². The van der Waals surface area contributed by atoms with Crippen LogP contribution in [-0.4, -0.2) is 33.7 Å². The topological polar surface area (TPSA) is 75.7 Å². The summed E-state index contributed by atoms with van der Waals surface area (Å²) in [6.07, 6.45) is 1.86. The number of rotatable bonds is 5. The van der Waals surface area contributed by atoms with E-state index >= 15 is 0 Å². The third-order valence-electron chi connectivity index (χ3n) is 4.01. The second-order valence-electron chi connectivity index (χ2n) is 6.08. The Bertz CT molecular complexity index is 892. The van der Waals surface area contributed by atoms with E-state index in [1.54, 1.807) is 12.1 Å². The first-order valence-electron chi connectivity index (χ1n) is 7.93. The third-order valence-corrected chi connectivity index (χ3v) is 5.19. The lowest BCUT2D eigenvalue weighted by molar-refractivity contribution is -0.118. The molecule has 0 radical (unpaired) electrons. The fourth-order valence-electron chi connectivity index (χ4n) is 2.75. The Kier molecular flexibility index (Phi) is 4.67. The maximum atomic E-state index is 12.1. The summed E-state index contributed by atoms with van der Waals surface area (Å²) in [6, 6.07) is 12.7. The molecule has 7 heteroatoms. The number of amides is 1. The van der Waals surface area contributed by atoms with E-state index in [1.807, 2.05) is 37.3 Å². The molecule has 132 valence electrons. The van der Waals surface area contributed by atoms with Gasteiger partial charge in [0.1, 0.15) is 5.75 Å². The number of nitrogens with zero attached hydrogens (tertiary/aromatic N) is 1. The van der Waals surface area contributed by atoms with Gasteiger partial charge in [-0.1, -0.05) is 23.8 Å². The lowest BCUT2D eigenvalue weighted by Crippen LogP contribution is -2.27. The van der Waals surface area contributed by atoms with Crippen LogP contribution in [-0.2, 0) is 21.2 Å². The predicted molar refractivity (Wildman–Crippen MR) is 97.6 cm³/mol. The normalized spacial score (nSPS) is 13.4. The molecule has 1 aliphatic heterocycles. The number of fused-ring (bicyclic) bond motifs is 1. The molecule has 1 aliphatic rings. The molecular formula is C18H20N2O4S. The van der Waals surface area contributed by atoms with Crippen molar-refractivity contribution in [1.82, 2.24) is 0 Å². The molecule has 0 unspecified atom stereocenters. The van der Waals surface area contributed by atoms with Crippen molar-refractivity contribution in [2.75, 3.05) is 29.0 Å². The molecule has 0 aromatic heterocycles. The Morgan fingerprint density at radius 1 is 1.20 bits per heavy atom. The van der Waals surface area contributed by atoms with Gasteiger partial charge in [-0.3, -0.25) is 9.10 Å². The quantitative estimate of drug-likeness (QED) is 0.888. The highest BCUT2D eigenvalue weighted by Gasteiger charge is 2.26. The Balaban J connectivity index is 1.65. The Hall–Kier alpha value is -2.54. The van der Waals surface area contributed by atoms with Crippen LogP contribution < -0.4 is 14.4 Å². The minimum Gasteiger partial charge on any atom is -0.484 e. The van der Waals surface area contributed by atoms with Crippen molar-refractivity contribution in [2.24, 2.45) is 0 Å². The average Bonchev–Trinajstić information content (AvgIpc) is 2.98. The van der Waals surface area contributed by atoms with Crippen LogP contribution in [0.3, 0.4) is 0 Å². The monoisotopic (exact) mass is 360 g/mol.